The molecule has 0 saturated carbocycles. The predicted octanol–water partition coefficient (Wildman–Crippen LogP) is 3.59. The van der Waals surface area contributed by atoms with Crippen LogP contribution in [0, 0.1) is 6.92 Å². The van der Waals surface area contributed by atoms with E-state index in [1.165, 1.54) is 11.3 Å². The molecule has 0 fully saturated rings. The first-order valence-electron chi connectivity index (χ1n) is 9.99. The third-order valence-electron chi connectivity index (χ3n) is 4.99. The maximum absolute atomic E-state index is 13.2. The number of aromatic nitrogens is 2. The largest absolute Gasteiger partial charge is 0.395 e. The van der Waals surface area contributed by atoms with Crippen LogP contribution in [0.4, 0.5) is 0 Å². The summed E-state index contributed by atoms with van der Waals surface area (Å²) in [6.07, 6.45) is 4.66. The third-order valence-corrected chi connectivity index (χ3v) is 6.18. The van der Waals surface area contributed by atoms with Crippen LogP contribution in [-0.2, 0) is 13.1 Å². The molecule has 0 aliphatic rings. The van der Waals surface area contributed by atoms with Crippen LogP contribution >= 0.6 is 11.3 Å². The highest BCUT2D eigenvalue weighted by atomic mass is 32.1. The summed E-state index contributed by atoms with van der Waals surface area (Å²) < 4.78 is 1.64. The van der Waals surface area contributed by atoms with Crippen LogP contribution in [0.1, 0.15) is 47.0 Å². The minimum absolute atomic E-state index is 0.0873. The fraction of sp³-hybridized carbons (Fsp3) is 0.409. The number of fused-ring (bicyclic) bond motifs is 1. The Bertz CT molecular complexity index is 1030. The van der Waals surface area contributed by atoms with Crippen LogP contribution in [0.3, 0.4) is 0 Å². The first-order chi connectivity index (χ1) is 14.1. The number of carbonyl (C=O) groups excluding carboxylic acids is 1. The zero-order chi connectivity index (χ0) is 20.8. The van der Waals surface area contributed by atoms with E-state index in [2.05, 4.69) is 11.9 Å². The van der Waals surface area contributed by atoms with Crippen molar-refractivity contribution >= 4 is 27.5 Å². The van der Waals surface area contributed by atoms with Crippen LogP contribution in [-0.4, -0.2) is 38.6 Å². The molecule has 0 atom stereocenters. The van der Waals surface area contributed by atoms with Crippen molar-refractivity contribution in [3.8, 4) is 0 Å². The van der Waals surface area contributed by atoms with Crippen molar-refractivity contribution in [2.45, 2.75) is 46.2 Å². The second-order valence-corrected chi connectivity index (χ2v) is 8.12. The summed E-state index contributed by atoms with van der Waals surface area (Å²) >= 11 is 1.25. The van der Waals surface area contributed by atoms with E-state index < -0.39 is 0 Å². The van der Waals surface area contributed by atoms with Crippen molar-refractivity contribution in [3.05, 3.63) is 63.0 Å². The lowest BCUT2D eigenvalue weighted by Gasteiger charge is -2.21. The number of unbranched alkanes of at least 4 members (excludes halogenated alkanes) is 2. The van der Waals surface area contributed by atoms with Crippen LogP contribution in [0.25, 0.3) is 10.2 Å². The van der Waals surface area contributed by atoms with Crippen molar-refractivity contribution in [3.63, 3.8) is 0 Å². The molecule has 0 bridgehead atoms. The molecule has 0 aliphatic carbocycles. The van der Waals surface area contributed by atoms with Gasteiger partial charge in [0.25, 0.3) is 11.5 Å². The zero-order valence-electron chi connectivity index (χ0n) is 16.9. The topological polar surface area (TPSA) is 75.4 Å². The Morgan fingerprint density at radius 2 is 2.00 bits per heavy atom. The number of amides is 1. The zero-order valence-corrected chi connectivity index (χ0v) is 17.7. The molecule has 2 aromatic heterocycles. The van der Waals surface area contributed by atoms with Crippen LogP contribution < -0.4 is 5.56 Å². The van der Waals surface area contributed by atoms with Crippen molar-refractivity contribution < 1.29 is 9.90 Å². The van der Waals surface area contributed by atoms with Crippen LogP contribution in [0.2, 0.25) is 0 Å². The van der Waals surface area contributed by atoms with Crippen LogP contribution in [0.15, 0.2) is 41.5 Å². The number of aryl methyl sites for hydroxylation is 2. The van der Waals surface area contributed by atoms with Gasteiger partial charge in [-0.2, -0.15) is 0 Å². The van der Waals surface area contributed by atoms with Gasteiger partial charge in [0.05, 0.1) is 23.2 Å². The van der Waals surface area contributed by atoms with Crippen molar-refractivity contribution in [2.75, 3.05) is 13.2 Å². The number of hydrogen-bond donors (Lipinski definition) is 1. The SMILES string of the molecule is CCCCCn1cnc2sc(C(=O)N(CCO)Cc3ccccc3)c(C)c2c1=O. The third kappa shape index (κ3) is 4.74. The molecule has 0 saturated heterocycles. The van der Waals surface area contributed by atoms with Gasteiger partial charge in [-0.15, -0.1) is 11.3 Å². The Morgan fingerprint density at radius 1 is 1.24 bits per heavy atom. The molecule has 0 unspecified atom stereocenters. The summed E-state index contributed by atoms with van der Waals surface area (Å²) in [5.41, 5.74) is 1.58. The Morgan fingerprint density at radius 3 is 2.69 bits per heavy atom. The summed E-state index contributed by atoms with van der Waals surface area (Å²) in [5, 5.41) is 9.98. The maximum atomic E-state index is 13.2. The van der Waals surface area contributed by atoms with Crippen LogP contribution in [0.5, 0.6) is 0 Å². The van der Waals surface area contributed by atoms with E-state index in [4.69, 9.17) is 0 Å². The quantitative estimate of drug-likeness (QED) is 0.544. The molecule has 6 nitrogen and oxygen atoms in total. The second kappa shape index (κ2) is 9.80. The van der Waals surface area contributed by atoms with E-state index in [9.17, 15) is 14.7 Å². The van der Waals surface area contributed by atoms with E-state index >= 15 is 0 Å². The number of thiophene rings is 1. The highest BCUT2D eigenvalue weighted by Gasteiger charge is 2.23. The monoisotopic (exact) mass is 413 g/mol. The summed E-state index contributed by atoms with van der Waals surface area (Å²) in [4.78, 5) is 33.3. The number of aliphatic hydroxyl groups excluding tert-OH is 1. The van der Waals surface area contributed by atoms with Crippen molar-refractivity contribution in [1.82, 2.24) is 14.5 Å². The second-order valence-electron chi connectivity index (χ2n) is 7.12. The van der Waals surface area contributed by atoms with Gasteiger partial charge in [0, 0.05) is 19.6 Å². The summed E-state index contributed by atoms with van der Waals surface area (Å²) in [6.45, 7) is 5.09. The van der Waals surface area contributed by atoms with Crippen molar-refractivity contribution in [1.29, 1.82) is 0 Å². The van der Waals surface area contributed by atoms with Gasteiger partial charge in [-0.05, 0) is 24.5 Å². The molecular weight excluding hydrogens is 386 g/mol. The average Bonchev–Trinajstić information content (AvgIpc) is 3.07. The molecule has 7 heteroatoms. The highest BCUT2D eigenvalue weighted by Crippen LogP contribution is 2.28. The van der Waals surface area contributed by atoms with Gasteiger partial charge in [-0.1, -0.05) is 50.1 Å². The molecule has 2 heterocycles. The lowest BCUT2D eigenvalue weighted by molar-refractivity contribution is 0.0712. The number of nitrogens with zero attached hydrogens (tertiary/aromatic N) is 3. The fourth-order valence-corrected chi connectivity index (χ4v) is 4.48. The number of benzene rings is 1. The molecule has 29 heavy (non-hydrogen) atoms. The molecule has 0 radical (unpaired) electrons. The minimum atomic E-state index is -0.180. The van der Waals surface area contributed by atoms with Gasteiger partial charge in [-0.25, -0.2) is 4.98 Å². The fourth-order valence-electron chi connectivity index (χ4n) is 3.38. The number of aliphatic hydroxyl groups is 1. The van der Waals surface area contributed by atoms with Gasteiger partial charge in [0.1, 0.15) is 4.83 Å². The molecule has 3 aromatic rings. The van der Waals surface area contributed by atoms with E-state index in [1.807, 2.05) is 37.3 Å². The molecule has 3 rings (SSSR count). The highest BCUT2D eigenvalue weighted by molar-refractivity contribution is 7.20. The molecular formula is C22H27N3O3S. The normalized spacial score (nSPS) is 11.1. The first-order valence-corrected chi connectivity index (χ1v) is 10.8. The summed E-state index contributed by atoms with van der Waals surface area (Å²) in [6, 6.07) is 9.67. The summed E-state index contributed by atoms with van der Waals surface area (Å²) in [5.74, 6) is -0.180. The van der Waals surface area contributed by atoms with Gasteiger partial charge in [0.15, 0.2) is 0 Å². The van der Waals surface area contributed by atoms with Crippen molar-refractivity contribution in [2.24, 2.45) is 0 Å². The molecule has 0 spiro atoms. The molecule has 1 N–H and O–H groups in total. The predicted molar refractivity (Wildman–Crippen MR) is 116 cm³/mol. The van der Waals surface area contributed by atoms with Gasteiger partial charge in [-0.3, -0.25) is 14.2 Å². The molecule has 154 valence electrons. The van der Waals surface area contributed by atoms with E-state index in [1.54, 1.807) is 15.8 Å². The molecule has 0 aliphatic heterocycles. The lowest BCUT2D eigenvalue weighted by atomic mass is 10.1. The smallest absolute Gasteiger partial charge is 0.264 e. The Kier molecular flexibility index (Phi) is 7.17. The van der Waals surface area contributed by atoms with Gasteiger partial charge in [0.2, 0.25) is 0 Å². The van der Waals surface area contributed by atoms with E-state index in [-0.39, 0.29) is 24.6 Å². The lowest BCUT2D eigenvalue weighted by Crippen LogP contribution is -2.33. The molecule has 1 amide bonds. The van der Waals surface area contributed by atoms with E-state index in [0.29, 0.717) is 33.7 Å². The standard InChI is InChI=1S/C22H27N3O3S/c1-3-4-8-11-25-15-23-20-18(21(25)27)16(2)19(29-20)22(28)24(12-13-26)14-17-9-6-5-7-10-17/h5-7,9-10,15,26H,3-4,8,11-14H2,1-2H3. The minimum Gasteiger partial charge on any atom is -0.395 e. The number of rotatable bonds is 9. The van der Waals surface area contributed by atoms with Gasteiger partial charge >= 0.3 is 0 Å². The number of hydrogen-bond acceptors (Lipinski definition) is 5. The maximum Gasteiger partial charge on any atom is 0.264 e. The molecule has 1 aromatic carbocycles. The average molecular weight is 414 g/mol. The summed E-state index contributed by atoms with van der Waals surface area (Å²) in [7, 11) is 0. The van der Waals surface area contributed by atoms with Gasteiger partial charge < -0.3 is 10.0 Å². The van der Waals surface area contributed by atoms with E-state index in [0.717, 1.165) is 24.8 Å². The Balaban J connectivity index is 1.93. The first kappa shape index (κ1) is 21.2. The number of carbonyl (C=O) groups is 1. The Hall–Kier alpha value is -2.51. The Labute approximate surface area is 174 Å².